The normalized spacial score (nSPS) is 27.5. The number of aromatic nitrogens is 2. The summed E-state index contributed by atoms with van der Waals surface area (Å²) in [4.78, 5) is 26.3. The number of rotatable bonds is 4. The molecular weight excluding hydrogens is 467 g/mol. The van der Waals surface area contributed by atoms with E-state index in [1.165, 1.54) is 18.3 Å². The van der Waals surface area contributed by atoms with Crippen molar-refractivity contribution in [3.05, 3.63) is 58.4 Å². The third-order valence-corrected chi connectivity index (χ3v) is 10.8. The molecule has 2 aromatic rings. The Morgan fingerprint density at radius 3 is 2.74 bits per heavy atom. The van der Waals surface area contributed by atoms with Crippen molar-refractivity contribution in [2.45, 2.75) is 68.9 Å². The lowest BCUT2D eigenvalue weighted by molar-refractivity contribution is 0.0986. The summed E-state index contributed by atoms with van der Waals surface area (Å²) in [6.45, 7) is 7.44. The minimum Gasteiger partial charge on any atom is -0.386 e. The molecule has 2 aromatic heterocycles. The van der Waals surface area contributed by atoms with E-state index in [4.69, 9.17) is 16.0 Å². The second kappa shape index (κ2) is 8.79. The first-order valence-electron chi connectivity index (χ1n) is 11.6. The number of halogens is 1. The molecule has 4 heterocycles. The van der Waals surface area contributed by atoms with Crippen LogP contribution in [0.1, 0.15) is 73.0 Å². The lowest BCUT2D eigenvalue weighted by atomic mass is 9.88. The number of nitrogens with two attached hydrogens (primary N) is 1. The minimum absolute atomic E-state index is 0.0144. The molecule has 2 N–H and O–H groups in total. The molecule has 0 saturated heterocycles. The second-order valence-electron chi connectivity index (χ2n) is 9.79. The average molecular weight is 497 g/mol. The Balaban J connectivity index is 1.78. The van der Waals surface area contributed by atoms with Crippen LogP contribution in [0.2, 0.25) is 0 Å². The Hall–Kier alpha value is -3.19. The summed E-state index contributed by atoms with van der Waals surface area (Å²) >= 11 is 0. The Morgan fingerprint density at radius 2 is 2.06 bits per heavy atom. The van der Waals surface area contributed by atoms with E-state index in [-0.39, 0.29) is 29.4 Å². The van der Waals surface area contributed by atoms with Gasteiger partial charge in [-0.3, -0.25) is 19.8 Å². The molecule has 0 saturated carbocycles. The summed E-state index contributed by atoms with van der Waals surface area (Å²) in [5.41, 5.74) is 6.56. The fourth-order valence-corrected chi connectivity index (χ4v) is 8.16. The summed E-state index contributed by atoms with van der Waals surface area (Å²) in [5, 5.41) is 8.46. The molecular formula is C25H29FN6O2S. The number of hydrogen-bond acceptors (Lipinski definition) is 8. The fourth-order valence-electron chi connectivity index (χ4n) is 4.92. The number of aliphatic imine (C=N–C) groups is 1. The topological polar surface area (TPSA) is 134 Å². The Bertz CT molecular complexity index is 1400. The zero-order valence-electron chi connectivity index (χ0n) is 20.3. The van der Waals surface area contributed by atoms with Crippen LogP contribution in [0.3, 0.4) is 0 Å². The predicted molar refractivity (Wildman–Crippen MR) is 132 cm³/mol. The van der Waals surface area contributed by atoms with Crippen molar-refractivity contribution >= 4 is 21.3 Å². The monoisotopic (exact) mass is 496 g/mol. The third kappa shape index (κ3) is 4.01. The standard InChI is InChI=1S/C25H29FN6O2S/c1-15-11-16(13-27)14-29-21(15)19(33)12-17-8-9-18(26)22(31-17)25(4)20-7-5-6-10-30-35(20,34)24(2,3)23(28)32-25/h8-9,11,14,20H,5-7,10,12H2,1-4H3,(H2,28,32)/t20-,25+,35-/m1/s1. The van der Waals surface area contributed by atoms with Crippen LogP contribution in [0.4, 0.5) is 4.39 Å². The van der Waals surface area contributed by atoms with Crippen LogP contribution >= 0.6 is 0 Å². The quantitative estimate of drug-likeness (QED) is 0.643. The first kappa shape index (κ1) is 24.9. The number of ketones is 1. The molecule has 0 aliphatic carbocycles. The van der Waals surface area contributed by atoms with Crippen LogP contribution in [-0.4, -0.2) is 42.3 Å². The largest absolute Gasteiger partial charge is 0.386 e. The van der Waals surface area contributed by atoms with Crippen LogP contribution < -0.4 is 5.73 Å². The lowest BCUT2D eigenvalue weighted by Gasteiger charge is -2.46. The van der Waals surface area contributed by atoms with Gasteiger partial charge in [-0.05, 0) is 64.3 Å². The molecule has 3 atom stereocenters. The van der Waals surface area contributed by atoms with Gasteiger partial charge in [-0.25, -0.2) is 13.0 Å². The molecule has 2 aliphatic heterocycles. The SMILES string of the molecule is Cc1cc(C#N)cnc1C(=O)Cc1ccc(F)c([C@@]2(C)N=C(N)C(C)(C)[S@@]3(=O)=NCCCC[C@H]23)n1. The zero-order chi connectivity index (χ0) is 25.6. The van der Waals surface area contributed by atoms with Crippen molar-refractivity contribution in [3.63, 3.8) is 0 Å². The average Bonchev–Trinajstić information content (AvgIpc) is 3.02. The van der Waals surface area contributed by atoms with Gasteiger partial charge >= 0.3 is 0 Å². The van der Waals surface area contributed by atoms with Crippen molar-refractivity contribution in [1.82, 2.24) is 9.97 Å². The molecule has 0 amide bonds. The molecule has 0 unspecified atom stereocenters. The van der Waals surface area contributed by atoms with Crippen molar-refractivity contribution < 1.29 is 13.4 Å². The molecule has 2 aliphatic rings. The highest BCUT2D eigenvalue weighted by atomic mass is 32.2. The molecule has 35 heavy (non-hydrogen) atoms. The van der Waals surface area contributed by atoms with Crippen LogP contribution in [0.5, 0.6) is 0 Å². The van der Waals surface area contributed by atoms with Crippen LogP contribution in [-0.2, 0) is 21.7 Å². The minimum atomic E-state index is -2.90. The number of fused-ring (bicyclic) bond motifs is 1. The van der Waals surface area contributed by atoms with Crippen LogP contribution in [0.15, 0.2) is 33.8 Å². The molecule has 184 valence electrons. The van der Waals surface area contributed by atoms with Crippen LogP contribution in [0, 0.1) is 24.1 Å². The van der Waals surface area contributed by atoms with E-state index in [0.717, 1.165) is 12.8 Å². The van der Waals surface area contributed by atoms with E-state index in [1.807, 2.05) is 6.07 Å². The highest BCUT2D eigenvalue weighted by Gasteiger charge is 2.56. The second-order valence-corrected chi connectivity index (χ2v) is 12.8. The maximum absolute atomic E-state index is 15.3. The first-order valence-corrected chi connectivity index (χ1v) is 13.1. The van der Waals surface area contributed by atoms with E-state index >= 15 is 4.39 Å². The highest BCUT2D eigenvalue weighted by Crippen LogP contribution is 2.46. The Morgan fingerprint density at radius 1 is 1.31 bits per heavy atom. The van der Waals surface area contributed by atoms with Gasteiger partial charge in [-0.2, -0.15) is 5.26 Å². The van der Waals surface area contributed by atoms with E-state index in [1.54, 1.807) is 33.8 Å². The van der Waals surface area contributed by atoms with Crippen molar-refractivity contribution in [1.29, 1.82) is 5.26 Å². The van der Waals surface area contributed by atoms with Crippen molar-refractivity contribution in [3.8, 4) is 6.07 Å². The van der Waals surface area contributed by atoms with Crippen LogP contribution in [0.25, 0.3) is 0 Å². The van der Waals surface area contributed by atoms with Gasteiger partial charge < -0.3 is 5.73 Å². The smallest absolute Gasteiger partial charge is 0.187 e. The number of aryl methyl sites for hydroxylation is 1. The molecule has 0 aromatic carbocycles. The number of nitrogens with zero attached hydrogens (tertiary/aromatic N) is 5. The highest BCUT2D eigenvalue weighted by molar-refractivity contribution is 7.96. The predicted octanol–water partition coefficient (Wildman–Crippen LogP) is 3.61. The zero-order valence-corrected chi connectivity index (χ0v) is 21.2. The van der Waals surface area contributed by atoms with Gasteiger partial charge in [0.15, 0.2) is 5.78 Å². The summed E-state index contributed by atoms with van der Waals surface area (Å²) in [6.07, 6.45) is 3.37. The summed E-state index contributed by atoms with van der Waals surface area (Å²) in [6, 6.07) is 6.30. The molecule has 8 nitrogen and oxygen atoms in total. The molecule has 0 radical (unpaired) electrons. The van der Waals surface area contributed by atoms with Gasteiger partial charge in [0, 0.05) is 18.4 Å². The number of hydrogen-bond donors (Lipinski definition) is 1. The number of nitriles is 1. The molecule has 0 spiro atoms. The first-order chi connectivity index (χ1) is 16.4. The van der Waals surface area contributed by atoms with E-state index in [0.29, 0.717) is 29.8 Å². The number of carbonyl (C=O) groups is 1. The maximum atomic E-state index is 15.3. The Kier molecular flexibility index (Phi) is 6.26. The van der Waals surface area contributed by atoms with E-state index in [2.05, 4.69) is 14.3 Å². The Labute approximate surface area is 205 Å². The van der Waals surface area contributed by atoms with Gasteiger partial charge in [-0.1, -0.05) is 6.42 Å². The number of carbonyl (C=O) groups excluding carboxylic acids is 1. The maximum Gasteiger partial charge on any atom is 0.187 e. The number of pyridine rings is 2. The molecule has 0 bridgehead atoms. The summed E-state index contributed by atoms with van der Waals surface area (Å²) < 4.78 is 33.3. The molecule has 4 rings (SSSR count). The van der Waals surface area contributed by atoms with Gasteiger partial charge in [-0.15, -0.1) is 0 Å². The van der Waals surface area contributed by atoms with Crippen molar-refractivity contribution in [2.75, 3.05) is 6.54 Å². The third-order valence-electron chi connectivity index (χ3n) is 7.07. The van der Waals surface area contributed by atoms with Gasteiger partial charge in [0.05, 0.1) is 27.0 Å². The van der Waals surface area contributed by atoms with E-state index < -0.39 is 31.1 Å². The van der Waals surface area contributed by atoms with Gasteiger partial charge in [0.1, 0.15) is 39.4 Å². The molecule has 0 fully saturated rings. The summed E-state index contributed by atoms with van der Waals surface area (Å²) in [7, 11) is -2.90. The van der Waals surface area contributed by atoms with Gasteiger partial charge in [0.2, 0.25) is 0 Å². The van der Waals surface area contributed by atoms with Crippen molar-refractivity contribution in [2.24, 2.45) is 15.1 Å². The van der Waals surface area contributed by atoms with E-state index in [9.17, 15) is 9.00 Å². The number of amidine groups is 1. The summed E-state index contributed by atoms with van der Waals surface area (Å²) in [5.74, 6) is -0.742. The van der Waals surface area contributed by atoms with Gasteiger partial charge in [0.25, 0.3) is 0 Å². The fraction of sp³-hybridized carbons (Fsp3) is 0.480. The molecule has 10 heteroatoms. The number of Topliss-reactive ketones (excluding diaryl/α,β-unsaturated/α-hetero) is 1. The lowest BCUT2D eigenvalue weighted by Crippen LogP contribution is -2.59.